The van der Waals surface area contributed by atoms with E-state index in [0.29, 0.717) is 65.3 Å². The molecule has 0 N–H and O–H groups in total. The predicted molar refractivity (Wildman–Crippen MR) is 122 cm³/mol. The lowest BCUT2D eigenvalue weighted by Crippen LogP contribution is -2.38. The first-order valence-corrected chi connectivity index (χ1v) is 10.8. The van der Waals surface area contributed by atoms with Crippen LogP contribution in [0, 0.1) is 0 Å². The molecule has 1 fully saturated rings. The molecule has 3 aromatic rings. The molecule has 2 heterocycles. The SMILES string of the molecule is COc1cc2nc(CN3CCOCC3)n(CCOc3ccccc3Cl)c(=O)c2cc1OC. The maximum absolute atomic E-state index is 13.5. The molecular weight excluding hydrogens is 434 g/mol. The van der Waals surface area contributed by atoms with E-state index in [1.54, 1.807) is 43.1 Å². The summed E-state index contributed by atoms with van der Waals surface area (Å²) in [7, 11) is 3.10. The van der Waals surface area contributed by atoms with E-state index in [4.69, 9.17) is 35.5 Å². The summed E-state index contributed by atoms with van der Waals surface area (Å²) in [6.45, 7) is 4.05. The summed E-state index contributed by atoms with van der Waals surface area (Å²) in [6.07, 6.45) is 0. The highest BCUT2D eigenvalue weighted by Crippen LogP contribution is 2.30. The number of para-hydroxylation sites is 1. The summed E-state index contributed by atoms with van der Waals surface area (Å²) in [4.78, 5) is 20.5. The monoisotopic (exact) mass is 459 g/mol. The van der Waals surface area contributed by atoms with Gasteiger partial charge in [0, 0.05) is 19.2 Å². The second kappa shape index (κ2) is 10.2. The van der Waals surface area contributed by atoms with Crippen molar-refractivity contribution in [3.63, 3.8) is 0 Å². The fourth-order valence-electron chi connectivity index (χ4n) is 3.71. The number of benzene rings is 2. The predicted octanol–water partition coefficient (Wildman–Crippen LogP) is 2.98. The molecular formula is C23H26ClN3O5. The summed E-state index contributed by atoms with van der Waals surface area (Å²) in [5, 5.41) is 0.993. The number of hydrogen-bond acceptors (Lipinski definition) is 7. The van der Waals surface area contributed by atoms with E-state index in [9.17, 15) is 4.79 Å². The zero-order valence-corrected chi connectivity index (χ0v) is 18.9. The minimum absolute atomic E-state index is 0.151. The highest BCUT2D eigenvalue weighted by molar-refractivity contribution is 6.32. The average Bonchev–Trinajstić information content (AvgIpc) is 2.82. The molecule has 4 rings (SSSR count). The Bertz CT molecular complexity index is 1140. The zero-order chi connectivity index (χ0) is 22.5. The van der Waals surface area contributed by atoms with Gasteiger partial charge >= 0.3 is 0 Å². The van der Waals surface area contributed by atoms with Crippen LogP contribution >= 0.6 is 11.6 Å². The molecule has 0 amide bonds. The fourth-order valence-corrected chi connectivity index (χ4v) is 3.90. The van der Waals surface area contributed by atoms with Crippen LogP contribution in [0.15, 0.2) is 41.2 Å². The molecule has 1 saturated heterocycles. The van der Waals surface area contributed by atoms with Crippen LogP contribution in [0.3, 0.4) is 0 Å². The van der Waals surface area contributed by atoms with Gasteiger partial charge in [0.25, 0.3) is 5.56 Å². The Morgan fingerprint density at radius 2 is 1.78 bits per heavy atom. The number of fused-ring (bicyclic) bond motifs is 1. The van der Waals surface area contributed by atoms with Gasteiger partial charge in [0.15, 0.2) is 11.5 Å². The van der Waals surface area contributed by atoms with E-state index >= 15 is 0 Å². The molecule has 2 aromatic carbocycles. The number of ether oxygens (including phenoxy) is 4. The lowest BCUT2D eigenvalue weighted by Gasteiger charge is -2.27. The van der Waals surface area contributed by atoms with Crippen LogP contribution in [0.2, 0.25) is 5.02 Å². The topological polar surface area (TPSA) is 75.0 Å². The third-order valence-electron chi connectivity index (χ3n) is 5.42. The van der Waals surface area contributed by atoms with Crippen LogP contribution in [0.1, 0.15) is 5.82 Å². The maximum Gasteiger partial charge on any atom is 0.261 e. The number of rotatable bonds is 8. The molecule has 9 heteroatoms. The Kier molecular flexibility index (Phi) is 7.14. The summed E-state index contributed by atoms with van der Waals surface area (Å²) in [6, 6.07) is 10.7. The third-order valence-corrected chi connectivity index (χ3v) is 5.73. The van der Waals surface area contributed by atoms with Crippen molar-refractivity contribution in [2.24, 2.45) is 0 Å². The highest BCUT2D eigenvalue weighted by atomic mass is 35.5. The molecule has 170 valence electrons. The summed E-state index contributed by atoms with van der Waals surface area (Å²) >= 11 is 6.19. The van der Waals surface area contributed by atoms with E-state index in [0.717, 1.165) is 13.1 Å². The Labute approximate surface area is 191 Å². The molecule has 0 saturated carbocycles. The number of halogens is 1. The molecule has 1 aliphatic heterocycles. The maximum atomic E-state index is 13.5. The van der Waals surface area contributed by atoms with Crippen LogP contribution in [-0.4, -0.2) is 61.6 Å². The van der Waals surface area contributed by atoms with E-state index in [-0.39, 0.29) is 12.2 Å². The van der Waals surface area contributed by atoms with Gasteiger partial charge in [-0.05, 0) is 18.2 Å². The first-order valence-electron chi connectivity index (χ1n) is 10.4. The molecule has 0 unspecified atom stereocenters. The van der Waals surface area contributed by atoms with Gasteiger partial charge in [0.1, 0.15) is 18.2 Å². The van der Waals surface area contributed by atoms with Gasteiger partial charge in [-0.1, -0.05) is 23.7 Å². The van der Waals surface area contributed by atoms with Crippen LogP contribution in [0.25, 0.3) is 10.9 Å². The van der Waals surface area contributed by atoms with Gasteiger partial charge in [-0.15, -0.1) is 0 Å². The summed E-state index contributed by atoms with van der Waals surface area (Å²) < 4.78 is 23.7. The van der Waals surface area contributed by atoms with Crippen molar-refractivity contribution in [2.75, 3.05) is 47.1 Å². The Morgan fingerprint density at radius 1 is 1.06 bits per heavy atom. The number of nitrogens with zero attached hydrogens (tertiary/aromatic N) is 3. The Morgan fingerprint density at radius 3 is 2.50 bits per heavy atom. The smallest absolute Gasteiger partial charge is 0.261 e. The zero-order valence-electron chi connectivity index (χ0n) is 18.2. The fraction of sp³-hybridized carbons (Fsp3) is 0.391. The lowest BCUT2D eigenvalue weighted by atomic mass is 10.2. The molecule has 0 bridgehead atoms. The minimum Gasteiger partial charge on any atom is -0.493 e. The first-order chi connectivity index (χ1) is 15.6. The van der Waals surface area contributed by atoms with Crippen LogP contribution in [-0.2, 0) is 17.8 Å². The van der Waals surface area contributed by atoms with Crippen LogP contribution in [0.5, 0.6) is 17.2 Å². The van der Waals surface area contributed by atoms with Gasteiger partial charge in [-0.3, -0.25) is 14.3 Å². The lowest BCUT2D eigenvalue weighted by molar-refractivity contribution is 0.0323. The Hall–Kier alpha value is -2.81. The van der Waals surface area contributed by atoms with Gasteiger partial charge in [-0.25, -0.2) is 4.98 Å². The van der Waals surface area contributed by atoms with E-state index in [1.807, 2.05) is 12.1 Å². The van der Waals surface area contributed by atoms with Gasteiger partial charge in [0.05, 0.1) is 56.4 Å². The summed E-state index contributed by atoms with van der Waals surface area (Å²) in [5.74, 6) is 2.26. The quantitative estimate of drug-likeness (QED) is 0.512. The number of morpholine rings is 1. The van der Waals surface area contributed by atoms with E-state index in [1.165, 1.54) is 0 Å². The van der Waals surface area contributed by atoms with Crippen LogP contribution < -0.4 is 19.8 Å². The largest absolute Gasteiger partial charge is 0.493 e. The second-order valence-corrected chi connectivity index (χ2v) is 7.78. The average molecular weight is 460 g/mol. The molecule has 32 heavy (non-hydrogen) atoms. The van der Waals surface area contributed by atoms with Crippen molar-refractivity contribution >= 4 is 22.5 Å². The minimum atomic E-state index is -0.151. The normalized spacial score (nSPS) is 14.5. The van der Waals surface area contributed by atoms with E-state index < -0.39 is 0 Å². The highest BCUT2D eigenvalue weighted by Gasteiger charge is 2.19. The third kappa shape index (κ3) is 4.82. The molecule has 0 spiro atoms. The molecule has 8 nitrogen and oxygen atoms in total. The van der Waals surface area contributed by atoms with Crippen molar-refractivity contribution in [1.29, 1.82) is 0 Å². The first kappa shape index (κ1) is 22.4. The van der Waals surface area contributed by atoms with Crippen molar-refractivity contribution in [3.8, 4) is 17.2 Å². The number of hydrogen-bond donors (Lipinski definition) is 0. The van der Waals surface area contributed by atoms with Crippen LogP contribution in [0.4, 0.5) is 0 Å². The van der Waals surface area contributed by atoms with Crippen molar-refractivity contribution in [3.05, 3.63) is 57.6 Å². The molecule has 1 aliphatic rings. The van der Waals surface area contributed by atoms with Crippen molar-refractivity contribution < 1.29 is 18.9 Å². The molecule has 0 atom stereocenters. The van der Waals surface area contributed by atoms with Gasteiger partial charge in [-0.2, -0.15) is 0 Å². The van der Waals surface area contributed by atoms with Gasteiger partial charge < -0.3 is 18.9 Å². The standard InChI is InChI=1S/C23H26ClN3O5/c1-29-20-13-16-18(14-21(20)30-2)25-22(15-26-7-10-31-11-8-26)27(23(16)28)9-12-32-19-6-4-3-5-17(19)24/h3-6,13-14H,7-12,15H2,1-2H3. The molecule has 1 aromatic heterocycles. The van der Waals surface area contributed by atoms with E-state index in [2.05, 4.69) is 4.90 Å². The molecule has 0 aliphatic carbocycles. The second-order valence-electron chi connectivity index (χ2n) is 7.38. The number of methoxy groups -OCH3 is 2. The Balaban J connectivity index is 1.69. The van der Waals surface area contributed by atoms with Gasteiger partial charge in [0.2, 0.25) is 0 Å². The van der Waals surface area contributed by atoms with Crippen molar-refractivity contribution in [2.45, 2.75) is 13.1 Å². The van der Waals surface area contributed by atoms with Crippen molar-refractivity contribution in [1.82, 2.24) is 14.5 Å². The number of aromatic nitrogens is 2. The molecule has 0 radical (unpaired) electrons. The summed E-state index contributed by atoms with van der Waals surface area (Å²) in [5.41, 5.74) is 0.418.